The summed E-state index contributed by atoms with van der Waals surface area (Å²) in [6.45, 7) is 10.5. The third kappa shape index (κ3) is 11.4. The number of likely N-dealkylation sites (N-methyl/N-ethyl adjacent to an activating group) is 2. The smallest absolute Gasteiger partial charge is 0.311 e. The zero-order chi connectivity index (χ0) is 46.0. The predicted octanol–water partition coefficient (Wildman–Crippen LogP) is 8.62. The van der Waals surface area contributed by atoms with Crippen molar-refractivity contribution in [3.63, 3.8) is 0 Å². The minimum absolute atomic E-state index is 0.0665. The number of rotatable bonds is 22. The molecule has 4 aromatic rings. The van der Waals surface area contributed by atoms with Crippen molar-refractivity contribution in [2.75, 3.05) is 95.6 Å². The summed E-state index contributed by atoms with van der Waals surface area (Å²) in [6.07, 6.45) is 5.59. The van der Waals surface area contributed by atoms with Gasteiger partial charge >= 0.3 is 5.97 Å². The van der Waals surface area contributed by atoms with E-state index in [1.807, 2.05) is 12.1 Å². The first kappa shape index (κ1) is 48.4. The van der Waals surface area contributed by atoms with Gasteiger partial charge in [0.2, 0.25) is 0 Å². The van der Waals surface area contributed by atoms with Crippen molar-refractivity contribution in [2.24, 2.45) is 0 Å². The molecule has 2 aliphatic rings. The van der Waals surface area contributed by atoms with Crippen LogP contribution in [0.5, 0.6) is 28.7 Å². The normalized spacial score (nSPS) is 20.2. The highest BCUT2D eigenvalue weighted by Crippen LogP contribution is 2.44. The average Bonchev–Trinajstić information content (AvgIpc) is 3.30. The van der Waals surface area contributed by atoms with Crippen LogP contribution in [0.3, 0.4) is 0 Å². The van der Waals surface area contributed by atoms with E-state index >= 15 is 0 Å². The second kappa shape index (κ2) is 21.7. The third-order valence-electron chi connectivity index (χ3n) is 14.1. The topological polar surface area (TPSA) is 98.8 Å². The number of esters is 1. The van der Waals surface area contributed by atoms with Crippen LogP contribution in [0.1, 0.15) is 87.8 Å². The summed E-state index contributed by atoms with van der Waals surface area (Å²) in [4.78, 5) is 26.4. The van der Waals surface area contributed by atoms with E-state index in [0.717, 1.165) is 65.9 Å². The lowest BCUT2D eigenvalue weighted by atomic mass is 9.84. The van der Waals surface area contributed by atoms with Crippen LogP contribution in [0.15, 0.2) is 60.7 Å². The first-order chi connectivity index (χ1) is 30.7. The van der Waals surface area contributed by atoms with Crippen molar-refractivity contribution in [1.29, 1.82) is 0 Å². The number of hydrogen-bond donors (Lipinski definition) is 0. The van der Waals surface area contributed by atoms with Gasteiger partial charge in [-0.3, -0.25) is 9.59 Å². The molecule has 2 aliphatic heterocycles. The minimum atomic E-state index is -0.170. The molecule has 0 amide bonds. The first-order valence-corrected chi connectivity index (χ1v) is 22.9. The Morgan fingerprint density at radius 2 is 1.08 bits per heavy atom. The van der Waals surface area contributed by atoms with E-state index in [1.54, 1.807) is 35.5 Å². The molecule has 4 aromatic carbocycles. The molecule has 0 spiro atoms. The van der Waals surface area contributed by atoms with E-state index in [4.69, 9.17) is 33.2 Å². The van der Waals surface area contributed by atoms with Crippen LogP contribution in [0.4, 0.5) is 0 Å². The molecule has 0 bridgehead atoms. The van der Waals surface area contributed by atoms with Crippen LogP contribution >= 0.6 is 0 Å². The van der Waals surface area contributed by atoms with Gasteiger partial charge in [-0.05, 0) is 109 Å². The fraction of sp³-hybridized carbons (Fsp3) is 0.509. The Balaban J connectivity index is 0.972. The molecule has 0 N–H and O–H groups in total. The molecule has 4 atom stereocenters. The van der Waals surface area contributed by atoms with Crippen LogP contribution in [0, 0.1) is 20.8 Å². The maximum absolute atomic E-state index is 13.3. The number of carbonyl (C=O) groups is 2. The summed E-state index contributed by atoms with van der Waals surface area (Å²) in [6, 6.07) is 21.8. The number of benzene rings is 4. The summed E-state index contributed by atoms with van der Waals surface area (Å²) in [5.74, 6) is 3.60. The number of ketones is 1. The summed E-state index contributed by atoms with van der Waals surface area (Å²) in [7, 11) is 12.9. The van der Waals surface area contributed by atoms with Crippen molar-refractivity contribution in [2.45, 2.75) is 84.2 Å². The quantitative estimate of drug-likeness (QED) is 0.0437. The highest BCUT2D eigenvalue weighted by Gasteiger charge is 2.41. The largest absolute Gasteiger partial charge is 0.496 e. The Morgan fingerprint density at radius 3 is 1.72 bits per heavy atom. The number of fused-ring (bicyclic) bond motifs is 2. The van der Waals surface area contributed by atoms with E-state index < -0.39 is 0 Å². The van der Waals surface area contributed by atoms with E-state index in [9.17, 15) is 9.59 Å². The zero-order valence-corrected chi connectivity index (χ0v) is 40.1. The van der Waals surface area contributed by atoms with Gasteiger partial charge in [0.15, 0.2) is 28.8 Å². The summed E-state index contributed by atoms with van der Waals surface area (Å²) in [5.41, 5.74) is 11.3. The number of hydrogen-bond acceptors (Lipinski definition) is 9. The fourth-order valence-electron chi connectivity index (χ4n) is 9.81. The minimum Gasteiger partial charge on any atom is -0.496 e. The van der Waals surface area contributed by atoms with Crippen LogP contribution in [0.25, 0.3) is 0 Å². The Bertz CT molecular complexity index is 2260. The van der Waals surface area contributed by atoms with Gasteiger partial charge in [0, 0.05) is 43.4 Å². The summed E-state index contributed by atoms with van der Waals surface area (Å²) < 4.78 is 41.3. The fourth-order valence-corrected chi connectivity index (χ4v) is 9.81. The summed E-state index contributed by atoms with van der Waals surface area (Å²) >= 11 is 0. The number of ether oxygens (including phenoxy) is 7. The number of nitrogens with zero attached hydrogens (tertiary/aromatic N) is 2. The standard InChI is InChI=1S/C53H72N2O9/c1-36-13-14-39(31-49(36)59-7)29-46-44-28-38(3)37(2)27-41(44)17-21-55(46,5)24-20-53(57)64-26-12-11-25-63-35-43(56)19-23-54(4)22-18-42-33-51(61-9)52(62-10)34-45(42)47(54)30-40-15-16-48(58-6)50(32-40)60-8/h13-16,27-28,31-34,46-47H,11-12,17-26,29-30,35H2,1-10H3/q+2/t46-,47-,54-,55?/m1/s1. The lowest BCUT2D eigenvalue weighted by molar-refractivity contribution is -0.940. The predicted molar refractivity (Wildman–Crippen MR) is 250 cm³/mol. The van der Waals surface area contributed by atoms with Crippen molar-refractivity contribution in [3.8, 4) is 28.7 Å². The Morgan fingerprint density at radius 1 is 0.562 bits per heavy atom. The van der Waals surface area contributed by atoms with E-state index in [1.165, 1.54) is 38.9 Å². The number of Topliss-reactive ketones (excluding diaryl/α,β-unsaturated/α-hetero) is 1. The second-order valence-electron chi connectivity index (χ2n) is 18.3. The molecule has 11 nitrogen and oxygen atoms in total. The van der Waals surface area contributed by atoms with Gasteiger partial charge < -0.3 is 42.1 Å². The molecule has 0 saturated heterocycles. The monoisotopic (exact) mass is 881 g/mol. The average molecular weight is 881 g/mol. The first-order valence-electron chi connectivity index (χ1n) is 22.9. The lowest BCUT2D eigenvalue weighted by Crippen LogP contribution is -2.53. The van der Waals surface area contributed by atoms with Gasteiger partial charge in [-0.2, -0.15) is 0 Å². The molecular formula is C53H72N2O9+2. The third-order valence-corrected chi connectivity index (χ3v) is 14.1. The van der Waals surface area contributed by atoms with E-state index in [0.29, 0.717) is 73.7 Å². The highest BCUT2D eigenvalue weighted by molar-refractivity contribution is 5.79. The van der Waals surface area contributed by atoms with Gasteiger partial charge in [0.25, 0.3) is 0 Å². The number of aryl methyl sites for hydroxylation is 3. The molecular weight excluding hydrogens is 809 g/mol. The molecule has 64 heavy (non-hydrogen) atoms. The lowest BCUT2D eigenvalue weighted by Gasteiger charge is -2.46. The molecule has 0 fully saturated rings. The molecule has 0 aliphatic carbocycles. The Hall–Kier alpha value is -5.10. The second-order valence-corrected chi connectivity index (χ2v) is 18.3. The number of quaternary nitrogens is 2. The number of methoxy groups -OCH3 is 5. The SMILES string of the molecule is COc1cc(C[C@@H]2c3cc(C)c(C)cc3CC[N+]2(C)CCC(=O)OCCCCOCC(=O)CC[N@@+]2(C)CCc3cc(OC)c(OC)cc3[C@H]2Cc2ccc(OC)c(OC)c2)ccc1C. The van der Waals surface area contributed by atoms with Gasteiger partial charge in [0.1, 0.15) is 24.4 Å². The van der Waals surface area contributed by atoms with Gasteiger partial charge in [-0.1, -0.05) is 24.3 Å². The van der Waals surface area contributed by atoms with Crippen molar-refractivity contribution >= 4 is 11.8 Å². The molecule has 1 unspecified atom stereocenters. The van der Waals surface area contributed by atoms with E-state index in [-0.39, 0.29) is 30.4 Å². The molecule has 346 valence electrons. The van der Waals surface area contributed by atoms with Crippen LogP contribution in [0.2, 0.25) is 0 Å². The summed E-state index contributed by atoms with van der Waals surface area (Å²) in [5, 5.41) is 0. The maximum Gasteiger partial charge on any atom is 0.311 e. The van der Waals surface area contributed by atoms with Gasteiger partial charge in [-0.15, -0.1) is 0 Å². The Labute approximate surface area is 381 Å². The molecule has 11 heteroatoms. The highest BCUT2D eigenvalue weighted by atomic mass is 16.5. The van der Waals surface area contributed by atoms with Crippen LogP contribution in [-0.4, -0.2) is 116 Å². The van der Waals surface area contributed by atoms with Gasteiger partial charge in [-0.25, -0.2) is 0 Å². The van der Waals surface area contributed by atoms with Crippen molar-refractivity contribution in [1.82, 2.24) is 0 Å². The van der Waals surface area contributed by atoms with Crippen LogP contribution < -0.4 is 23.7 Å². The van der Waals surface area contributed by atoms with Crippen LogP contribution in [-0.2, 0) is 44.7 Å². The number of carbonyl (C=O) groups excluding carboxylic acids is 2. The molecule has 2 heterocycles. The maximum atomic E-state index is 13.3. The van der Waals surface area contributed by atoms with Gasteiger partial charge in [0.05, 0.1) is 95.3 Å². The molecule has 0 aromatic heterocycles. The molecule has 6 rings (SSSR count). The Kier molecular flexibility index (Phi) is 16.4. The van der Waals surface area contributed by atoms with Crippen molar-refractivity contribution < 1.29 is 51.7 Å². The van der Waals surface area contributed by atoms with Crippen molar-refractivity contribution in [3.05, 3.63) is 111 Å². The molecule has 0 radical (unpaired) electrons. The van der Waals surface area contributed by atoms with E-state index in [2.05, 4.69) is 83.4 Å². The number of unbranched alkanes of at least 4 members (excludes halogenated alkanes) is 1. The molecule has 0 saturated carbocycles. The zero-order valence-electron chi connectivity index (χ0n) is 40.1.